The van der Waals surface area contributed by atoms with Crippen LogP contribution in [0.5, 0.6) is 0 Å². The molecule has 6 heteroatoms. The third kappa shape index (κ3) is 9.05. The van der Waals surface area contributed by atoms with Crippen molar-refractivity contribution in [1.29, 1.82) is 0 Å². The van der Waals surface area contributed by atoms with Gasteiger partial charge in [-0.15, -0.1) is 0 Å². The first-order chi connectivity index (χ1) is 8.11. The number of nitrogens with one attached hydrogen (secondary N) is 1. The maximum atomic E-state index is 11.5. The molecule has 0 aliphatic heterocycles. The molecule has 6 nitrogen and oxygen atoms in total. The molecule has 17 heavy (non-hydrogen) atoms. The maximum absolute atomic E-state index is 11.5. The lowest BCUT2D eigenvalue weighted by molar-refractivity contribution is -0.122. The second-order valence-electron chi connectivity index (χ2n) is 3.98. The number of nitrogens with zero attached hydrogens (tertiary/aromatic N) is 1. The van der Waals surface area contributed by atoms with Crippen molar-refractivity contribution in [3.63, 3.8) is 0 Å². The second kappa shape index (κ2) is 10.5. The van der Waals surface area contributed by atoms with E-state index < -0.39 is 6.04 Å². The smallest absolute Gasteiger partial charge is 0.237 e. The van der Waals surface area contributed by atoms with Crippen LogP contribution in [0.2, 0.25) is 0 Å². The Morgan fingerprint density at radius 2 is 1.94 bits per heavy atom. The van der Waals surface area contributed by atoms with Gasteiger partial charge in [0.05, 0.1) is 12.6 Å². The fraction of sp³-hybridized carbons (Fsp3) is 0.909. The number of likely N-dealkylation sites (N-methyl/N-ethyl adjacent to an activating group) is 1. The third-order valence-corrected chi connectivity index (χ3v) is 2.44. The van der Waals surface area contributed by atoms with Gasteiger partial charge in [-0.25, -0.2) is 0 Å². The number of amides is 1. The van der Waals surface area contributed by atoms with Crippen LogP contribution in [0.3, 0.4) is 0 Å². The van der Waals surface area contributed by atoms with Gasteiger partial charge in [-0.1, -0.05) is 0 Å². The van der Waals surface area contributed by atoms with Crippen LogP contribution in [-0.2, 0) is 14.3 Å². The molecule has 0 heterocycles. The predicted octanol–water partition coefficient (Wildman–Crippen LogP) is -0.955. The van der Waals surface area contributed by atoms with E-state index in [4.69, 9.17) is 15.2 Å². The van der Waals surface area contributed by atoms with Gasteiger partial charge in [-0.3, -0.25) is 4.79 Å². The molecule has 0 aromatic carbocycles. The summed E-state index contributed by atoms with van der Waals surface area (Å²) in [4.78, 5) is 13.6. The summed E-state index contributed by atoms with van der Waals surface area (Å²) in [5.41, 5.74) is 5.67. The Morgan fingerprint density at radius 3 is 2.53 bits per heavy atom. The molecule has 0 aromatic heterocycles. The molecule has 0 saturated heterocycles. The fourth-order valence-corrected chi connectivity index (χ4v) is 1.24. The van der Waals surface area contributed by atoms with Crippen LogP contribution in [0.25, 0.3) is 0 Å². The van der Waals surface area contributed by atoms with Crippen molar-refractivity contribution in [1.82, 2.24) is 10.2 Å². The molecule has 1 atom stereocenters. The molecule has 0 spiro atoms. The summed E-state index contributed by atoms with van der Waals surface area (Å²) in [6.07, 6.45) is 0.543. The van der Waals surface area contributed by atoms with Crippen molar-refractivity contribution in [2.75, 3.05) is 54.1 Å². The van der Waals surface area contributed by atoms with E-state index in [0.29, 0.717) is 26.2 Å². The van der Waals surface area contributed by atoms with Crippen LogP contribution in [0.1, 0.15) is 6.42 Å². The van der Waals surface area contributed by atoms with Gasteiger partial charge < -0.3 is 25.4 Å². The van der Waals surface area contributed by atoms with Crippen molar-refractivity contribution in [2.45, 2.75) is 12.5 Å². The largest absolute Gasteiger partial charge is 0.385 e. The summed E-state index contributed by atoms with van der Waals surface area (Å²) in [5, 5.41) is 2.80. The first-order valence-electron chi connectivity index (χ1n) is 5.81. The van der Waals surface area contributed by atoms with Gasteiger partial charge in [0.25, 0.3) is 0 Å². The highest BCUT2D eigenvalue weighted by Crippen LogP contribution is 1.89. The quantitative estimate of drug-likeness (QED) is 0.520. The van der Waals surface area contributed by atoms with Crippen LogP contribution in [0, 0.1) is 0 Å². The Labute approximate surface area is 103 Å². The molecule has 0 saturated carbocycles. The van der Waals surface area contributed by atoms with Crippen LogP contribution in [0.15, 0.2) is 0 Å². The van der Waals surface area contributed by atoms with Gasteiger partial charge in [0.2, 0.25) is 5.91 Å². The molecule has 0 fully saturated rings. The van der Waals surface area contributed by atoms with Crippen molar-refractivity contribution in [3.05, 3.63) is 0 Å². The average Bonchev–Trinajstić information content (AvgIpc) is 2.33. The zero-order valence-electron chi connectivity index (χ0n) is 11.1. The summed E-state index contributed by atoms with van der Waals surface area (Å²) in [5.74, 6) is -0.123. The lowest BCUT2D eigenvalue weighted by Crippen LogP contribution is -2.43. The number of methoxy groups -OCH3 is 2. The fourth-order valence-electron chi connectivity index (χ4n) is 1.24. The summed E-state index contributed by atoms with van der Waals surface area (Å²) in [6, 6.07) is -0.487. The standard InChI is InChI=1S/C11H25N3O3/c1-14(7-9-17-3)6-5-13-11(15)10(12)4-8-16-2/h10H,4-9,12H2,1-3H3,(H,13,15). The number of rotatable bonds is 10. The minimum Gasteiger partial charge on any atom is -0.385 e. The van der Waals surface area contributed by atoms with Crippen LogP contribution < -0.4 is 11.1 Å². The highest BCUT2D eigenvalue weighted by Gasteiger charge is 2.12. The van der Waals surface area contributed by atoms with E-state index in [2.05, 4.69) is 10.2 Å². The number of nitrogens with two attached hydrogens (primary N) is 1. The first kappa shape index (κ1) is 16.3. The number of hydrogen-bond donors (Lipinski definition) is 2. The van der Waals surface area contributed by atoms with Gasteiger partial charge in [0, 0.05) is 40.5 Å². The molecule has 0 aliphatic rings. The zero-order chi connectivity index (χ0) is 13.1. The lowest BCUT2D eigenvalue weighted by atomic mass is 10.2. The van der Waals surface area contributed by atoms with Crippen LogP contribution in [-0.4, -0.2) is 71.0 Å². The summed E-state index contributed by atoms with van der Waals surface area (Å²) in [7, 11) is 5.25. The second-order valence-corrected chi connectivity index (χ2v) is 3.98. The Hall–Kier alpha value is -0.690. The number of ether oxygens (including phenoxy) is 2. The molecule has 3 N–H and O–H groups in total. The van der Waals surface area contributed by atoms with Crippen molar-refractivity contribution < 1.29 is 14.3 Å². The average molecular weight is 247 g/mol. The summed E-state index contributed by atoms with van der Waals surface area (Å²) < 4.78 is 9.83. The van der Waals surface area contributed by atoms with E-state index in [1.165, 1.54) is 0 Å². The van der Waals surface area contributed by atoms with E-state index in [0.717, 1.165) is 13.1 Å². The van der Waals surface area contributed by atoms with Crippen molar-refractivity contribution in [2.24, 2.45) is 5.73 Å². The molecular formula is C11H25N3O3. The molecule has 0 radical (unpaired) electrons. The molecule has 0 bridgehead atoms. The molecule has 1 amide bonds. The Balaban J connectivity index is 3.55. The van der Waals surface area contributed by atoms with Gasteiger partial charge in [0.15, 0.2) is 0 Å². The van der Waals surface area contributed by atoms with Crippen molar-refractivity contribution >= 4 is 5.91 Å². The minimum atomic E-state index is -0.487. The SMILES string of the molecule is COCCC(N)C(=O)NCCN(C)CCOC. The zero-order valence-corrected chi connectivity index (χ0v) is 11.1. The normalized spacial score (nSPS) is 12.8. The van der Waals surface area contributed by atoms with E-state index in [1.807, 2.05) is 7.05 Å². The third-order valence-electron chi connectivity index (χ3n) is 2.44. The van der Waals surface area contributed by atoms with E-state index in [-0.39, 0.29) is 5.91 Å². The number of carbonyl (C=O) groups is 1. The van der Waals surface area contributed by atoms with Gasteiger partial charge in [-0.05, 0) is 13.5 Å². The molecular weight excluding hydrogens is 222 g/mol. The van der Waals surface area contributed by atoms with E-state index in [9.17, 15) is 4.79 Å². The van der Waals surface area contributed by atoms with Crippen molar-refractivity contribution in [3.8, 4) is 0 Å². The Morgan fingerprint density at radius 1 is 1.29 bits per heavy atom. The van der Waals surface area contributed by atoms with Crippen LogP contribution >= 0.6 is 0 Å². The lowest BCUT2D eigenvalue weighted by Gasteiger charge is -2.17. The highest BCUT2D eigenvalue weighted by atomic mass is 16.5. The maximum Gasteiger partial charge on any atom is 0.237 e. The predicted molar refractivity (Wildman–Crippen MR) is 66.9 cm³/mol. The molecule has 102 valence electrons. The highest BCUT2D eigenvalue weighted by molar-refractivity contribution is 5.81. The monoisotopic (exact) mass is 247 g/mol. The van der Waals surface area contributed by atoms with Gasteiger partial charge in [-0.2, -0.15) is 0 Å². The van der Waals surface area contributed by atoms with E-state index in [1.54, 1.807) is 14.2 Å². The van der Waals surface area contributed by atoms with Gasteiger partial charge in [0.1, 0.15) is 0 Å². The van der Waals surface area contributed by atoms with Gasteiger partial charge >= 0.3 is 0 Å². The summed E-state index contributed by atoms with van der Waals surface area (Å²) in [6.45, 7) is 3.42. The molecule has 1 unspecified atom stereocenters. The number of hydrogen-bond acceptors (Lipinski definition) is 5. The summed E-state index contributed by atoms with van der Waals surface area (Å²) >= 11 is 0. The molecule has 0 aliphatic carbocycles. The Bertz CT molecular complexity index is 202. The Kier molecular flexibility index (Phi) is 10.0. The topological polar surface area (TPSA) is 76.8 Å². The molecule has 0 rings (SSSR count). The minimum absolute atomic E-state index is 0.123. The molecule has 0 aromatic rings. The van der Waals surface area contributed by atoms with Crippen LogP contribution in [0.4, 0.5) is 0 Å². The number of carbonyl (C=O) groups excluding carboxylic acids is 1. The first-order valence-corrected chi connectivity index (χ1v) is 5.81. The van der Waals surface area contributed by atoms with E-state index >= 15 is 0 Å².